The first kappa shape index (κ1) is 28.2. The second-order valence-electron chi connectivity index (χ2n) is 9.13. The summed E-state index contributed by atoms with van der Waals surface area (Å²) in [7, 11) is 0. The molecule has 0 aliphatic heterocycles. The van der Waals surface area contributed by atoms with Crippen molar-refractivity contribution in [2.75, 3.05) is 16.4 Å². The van der Waals surface area contributed by atoms with Gasteiger partial charge in [-0.2, -0.15) is 15.0 Å². The van der Waals surface area contributed by atoms with Gasteiger partial charge in [0.25, 0.3) is 0 Å². The molecule has 2 heterocycles. The van der Waals surface area contributed by atoms with E-state index in [2.05, 4.69) is 35.6 Å². The summed E-state index contributed by atoms with van der Waals surface area (Å²) in [5.41, 5.74) is 10.2. The molecule has 12 heteroatoms. The first-order valence-electron chi connectivity index (χ1n) is 12.9. The zero-order valence-electron chi connectivity index (χ0n) is 22.2. The molecule has 0 fully saturated rings. The lowest BCUT2D eigenvalue weighted by Crippen LogP contribution is -2.06. The van der Waals surface area contributed by atoms with Crippen LogP contribution in [0.15, 0.2) is 103 Å². The van der Waals surface area contributed by atoms with Crippen molar-refractivity contribution >= 4 is 64.0 Å². The summed E-state index contributed by atoms with van der Waals surface area (Å²) in [6.45, 7) is 0. The molecular formula is C31H21Cl3N8O. The van der Waals surface area contributed by atoms with Crippen LogP contribution in [-0.2, 0) is 0 Å². The van der Waals surface area contributed by atoms with Crippen LogP contribution in [0.2, 0.25) is 15.1 Å². The largest absolute Gasteiger partial charge is 0.423 e. The molecule has 6 rings (SSSR count). The molecule has 0 amide bonds. The van der Waals surface area contributed by atoms with E-state index < -0.39 is 0 Å². The highest BCUT2D eigenvalue weighted by molar-refractivity contribution is 6.31. The van der Waals surface area contributed by atoms with Gasteiger partial charge < -0.3 is 21.1 Å². The first-order valence-corrected chi connectivity index (χ1v) is 14.0. The van der Waals surface area contributed by atoms with Crippen molar-refractivity contribution in [3.05, 3.63) is 118 Å². The number of hydrogen-bond donors (Lipinski definition) is 3. The van der Waals surface area contributed by atoms with Gasteiger partial charge in [0.15, 0.2) is 0 Å². The zero-order chi connectivity index (χ0) is 29.8. The molecule has 2 aromatic heterocycles. The summed E-state index contributed by atoms with van der Waals surface area (Å²) >= 11 is 18.5. The number of halogens is 3. The van der Waals surface area contributed by atoms with Crippen LogP contribution in [0.3, 0.4) is 0 Å². The van der Waals surface area contributed by atoms with E-state index in [4.69, 9.17) is 45.3 Å². The minimum Gasteiger partial charge on any atom is -0.423 e. The third-order valence-corrected chi connectivity index (χ3v) is 6.79. The number of nitrogens with two attached hydrogens (primary N) is 1. The predicted octanol–water partition coefficient (Wildman–Crippen LogP) is 8.82. The highest BCUT2D eigenvalue weighted by atomic mass is 35.5. The quantitative estimate of drug-likeness (QED) is 0.152. The number of rotatable bonds is 8. The molecule has 0 bridgehead atoms. The number of ether oxygens (including phenoxy) is 1. The van der Waals surface area contributed by atoms with Crippen molar-refractivity contribution in [3.63, 3.8) is 0 Å². The average molecular weight is 628 g/mol. The number of anilines is 5. The number of nitrogens with one attached hydrogen (secondary N) is 2. The van der Waals surface area contributed by atoms with Gasteiger partial charge in [0, 0.05) is 37.6 Å². The Bertz CT molecular complexity index is 1820. The lowest BCUT2D eigenvalue weighted by atomic mass is 10.1. The summed E-state index contributed by atoms with van der Waals surface area (Å²) in [5, 5.41) is 8.01. The molecule has 0 aliphatic carbocycles. The molecule has 212 valence electrons. The predicted molar refractivity (Wildman–Crippen MR) is 172 cm³/mol. The molecule has 0 atom stereocenters. The van der Waals surface area contributed by atoms with Gasteiger partial charge in [-0.15, -0.1) is 0 Å². The van der Waals surface area contributed by atoms with Crippen molar-refractivity contribution in [3.8, 4) is 34.3 Å². The van der Waals surface area contributed by atoms with Crippen molar-refractivity contribution in [1.29, 1.82) is 0 Å². The van der Waals surface area contributed by atoms with E-state index in [-0.39, 0.29) is 23.9 Å². The Morgan fingerprint density at radius 3 is 1.72 bits per heavy atom. The number of aromatic nitrogens is 5. The number of nitrogen functional groups attached to an aromatic ring is 1. The summed E-state index contributed by atoms with van der Waals surface area (Å²) in [6.07, 6.45) is 0. The van der Waals surface area contributed by atoms with E-state index in [1.54, 1.807) is 66.7 Å². The average Bonchev–Trinajstić information content (AvgIpc) is 3.00. The highest BCUT2D eigenvalue weighted by Crippen LogP contribution is 2.36. The molecule has 4 aromatic carbocycles. The van der Waals surface area contributed by atoms with Gasteiger partial charge in [-0.25, -0.2) is 9.97 Å². The van der Waals surface area contributed by atoms with E-state index in [0.29, 0.717) is 37.8 Å². The van der Waals surface area contributed by atoms with Crippen molar-refractivity contribution in [2.24, 2.45) is 0 Å². The fourth-order valence-corrected chi connectivity index (χ4v) is 4.51. The van der Waals surface area contributed by atoms with Crippen molar-refractivity contribution in [2.45, 2.75) is 0 Å². The Hall–Kier alpha value is -4.96. The summed E-state index contributed by atoms with van der Waals surface area (Å²) in [4.78, 5) is 22.4. The van der Waals surface area contributed by atoms with Gasteiger partial charge in [0.2, 0.25) is 17.8 Å². The summed E-state index contributed by atoms with van der Waals surface area (Å²) < 4.78 is 6.26. The second-order valence-corrected chi connectivity index (χ2v) is 10.4. The molecule has 0 unspecified atom stereocenters. The fraction of sp³-hybridized carbons (Fsp3) is 0. The molecule has 0 spiro atoms. The SMILES string of the molecule is Nc1nc(-c2ccccc2)cc(-c2cc(Cl)ccc2Oc2nc(Nc3ccc(Cl)cc3)nc(Nc3ccc(Cl)cc3)n2)n1. The van der Waals surface area contributed by atoms with Crippen LogP contribution in [0.4, 0.5) is 29.2 Å². The third kappa shape index (κ3) is 7.10. The second kappa shape index (κ2) is 12.5. The van der Waals surface area contributed by atoms with Crippen LogP contribution in [-0.4, -0.2) is 24.9 Å². The Kier molecular flexibility index (Phi) is 8.19. The van der Waals surface area contributed by atoms with E-state index in [1.165, 1.54) is 0 Å². The maximum atomic E-state index is 6.41. The van der Waals surface area contributed by atoms with Crippen LogP contribution in [0.25, 0.3) is 22.5 Å². The maximum absolute atomic E-state index is 6.41. The molecule has 0 radical (unpaired) electrons. The molecule has 0 aliphatic rings. The Labute approximate surface area is 261 Å². The maximum Gasteiger partial charge on any atom is 0.328 e. The normalized spacial score (nSPS) is 10.8. The molecular weight excluding hydrogens is 607 g/mol. The smallest absolute Gasteiger partial charge is 0.328 e. The van der Waals surface area contributed by atoms with Gasteiger partial charge in [0.05, 0.1) is 11.4 Å². The molecule has 4 N–H and O–H groups in total. The Morgan fingerprint density at radius 2 is 1.12 bits per heavy atom. The van der Waals surface area contributed by atoms with Crippen LogP contribution < -0.4 is 21.1 Å². The van der Waals surface area contributed by atoms with E-state index in [1.807, 2.05) is 36.4 Å². The number of hydrogen-bond acceptors (Lipinski definition) is 9. The van der Waals surface area contributed by atoms with Crippen LogP contribution in [0.5, 0.6) is 11.8 Å². The lowest BCUT2D eigenvalue weighted by Gasteiger charge is -2.14. The van der Waals surface area contributed by atoms with Crippen LogP contribution in [0.1, 0.15) is 0 Å². The van der Waals surface area contributed by atoms with Crippen LogP contribution in [0, 0.1) is 0 Å². The monoisotopic (exact) mass is 626 g/mol. The molecule has 43 heavy (non-hydrogen) atoms. The standard InChI is InChI=1S/C31H21Cl3N8O/c32-19-6-11-22(12-7-19)36-29-40-30(37-23-13-8-20(33)9-14-23)42-31(41-29)43-27-15-10-21(34)16-24(27)26-17-25(38-28(35)39-26)18-4-2-1-3-5-18/h1-17H,(H2,35,38,39)(H2,36,37,40,41,42). The van der Waals surface area contributed by atoms with Gasteiger partial charge in [-0.3, -0.25) is 0 Å². The van der Waals surface area contributed by atoms with Gasteiger partial charge in [0.1, 0.15) is 5.75 Å². The fourth-order valence-electron chi connectivity index (χ4n) is 4.09. The van der Waals surface area contributed by atoms with E-state index in [9.17, 15) is 0 Å². The Balaban J connectivity index is 1.39. The number of nitrogens with zero attached hydrogens (tertiary/aromatic N) is 5. The zero-order valence-corrected chi connectivity index (χ0v) is 24.4. The summed E-state index contributed by atoms with van der Waals surface area (Å²) in [6, 6.07) is 30.9. The highest BCUT2D eigenvalue weighted by Gasteiger charge is 2.16. The Morgan fingerprint density at radius 1 is 0.558 bits per heavy atom. The van der Waals surface area contributed by atoms with Crippen molar-refractivity contribution in [1.82, 2.24) is 24.9 Å². The third-order valence-electron chi connectivity index (χ3n) is 6.05. The van der Waals surface area contributed by atoms with Gasteiger partial charge in [-0.1, -0.05) is 65.1 Å². The van der Waals surface area contributed by atoms with Crippen molar-refractivity contribution < 1.29 is 4.74 Å². The first-order chi connectivity index (χ1) is 20.9. The van der Waals surface area contributed by atoms with Gasteiger partial charge in [-0.05, 0) is 72.8 Å². The van der Waals surface area contributed by atoms with Gasteiger partial charge >= 0.3 is 6.01 Å². The van der Waals surface area contributed by atoms with E-state index in [0.717, 1.165) is 16.9 Å². The minimum absolute atomic E-state index is 0.0109. The lowest BCUT2D eigenvalue weighted by molar-refractivity contribution is 0.443. The molecule has 6 aromatic rings. The van der Waals surface area contributed by atoms with E-state index >= 15 is 0 Å². The summed E-state index contributed by atoms with van der Waals surface area (Å²) in [5.74, 6) is 0.961. The minimum atomic E-state index is 0.0109. The number of benzene rings is 4. The molecule has 0 saturated carbocycles. The molecule has 0 saturated heterocycles. The van der Waals surface area contributed by atoms with Crippen LogP contribution >= 0.6 is 34.8 Å². The molecule has 9 nitrogen and oxygen atoms in total. The topological polar surface area (TPSA) is 124 Å².